The highest BCUT2D eigenvalue weighted by molar-refractivity contribution is 5.96. The largest absolute Gasteiger partial charge is 0.361 e. The predicted molar refractivity (Wildman–Crippen MR) is 85.4 cm³/mol. The van der Waals surface area contributed by atoms with Crippen LogP contribution in [0.5, 0.6) is 0 Å². The van der Waals surface area contributed by atoms with Crippen LogP contribution in [-0.2, 0) is 0 Å². The number of carbonyl (C=O) groups excluding carboxylic acids is 1. The van der Waals surface area contributed by atoms with Crippen LogP contribution in [0.4, 0.5) is 0 Å². The molecule has 2 heterocycles. The molecule has 1 amide bonds. The Morgan fingerprint density at radius 1 is 1.35 bits per heavy atom. The molecule has 3 rings (SSSR count). The molecule has 0 fully saturated rings. The first-order valence-electron chi connectivity index (χ1n) is 7.38. The molecule has 0 saturated carbocycles. The van der Waals surface area contributed by atoms with Crippen LogP contribution in [0, 0.1) is 13.8 Å². The van der Waals surface area contributed by atoms with Gasteiger partial charge in [0.2, 0.25) is 0 Å². The van der Waals surface area contributed by atoms with E-state index < -0.39 is 0 Å². The van der Waals surface area contributed by atoms with E-state index in [1.165, 1.54) is 0 Å². The van der Waals surface area contributed by atoms with Gasteiger partial charge in [-0.15, -0.1) is 0 Å². The van der Waals surface area contributed by atoms with E-state index in [2.05, 4.69) is 15.5 Å². The lowest BCUT2D eigenvalue weighted by atomic mass is 10.1. The van der Waals surface area contributed by atoms with Crippen LogP contribution in [0.15, 0.2) is 47.5 Å². The van der Waals surface area contributed by atoms with Gasteiger partial charge in [-0.25, -0.2) is 4.98 Å². The maximum atomic E-state index is 12.4. The molecule has 0 aliphatic heterocycles. The van der Waals surface area contributed by atoms with Crippen LogP contribution >= 0.6 is 0 Å². The minimum absolute atomic E-state index is 0.139. The Morgan fingerprint density at radius 3 is 2.83 bits per heavy atom. The summed E-state index contributed by atoms with van der Waals surface area (Å²) in [5.41, 5.74) is 3.11. The Bertz CT molecular complexity index is 801. The third-order valence-corrected chi connectivity index (χ3v) is 3.78. The highest BCUT2D eigenvalue weighted by Crippen LogP contribution is 2.19. The molecule has 2 aromatic heterocycles. The summed E-state index contributed by atoms with van der Waals surface area (Å²) in [6, 6.07) is 7.83. The van der Waals surface area contributed by atoms with Crippen molar-refractivity contribution >= 4 is 5.91 Å². The number of carbonyl (C=O) groups is 1. The molecule has 6 heteroatoms. The second-order valence-electron chi connectivity index (χ2n) is 5.46. The summed E-state index contributed by atoms with van der Waals surface area (Å²) in [4.78, 5) is 16.5. The molecule has 0 aliphatic rings. The van der Waals surface area contributed by atoms with Gasteiger partial charge in [-0.2, -0.15) is 0 Å². The second kappa shape index (κ2) is 6.08. The number of imidazole rings is 1. The van der Waals surface area contributed by atoms with Gasteiger partial charge in [0.15, 0.2) is 0 Å². The summed E-state index contributed by atoms with van der Waals surface area (Å²) in [5, 5.41) is 6.81. The Kier molecular flexibility index (Phi) is 3.97. The second-order valence-corrected chi connectivity index (χ2v) is 5.46. The zero-order valence-corrected chi connectivity index (χ0v) is 13.3. The van der Waals surface area contributed by atoms with E-state index in [1.54, 1.807) is 26.4 Å². The quantitative estimate of drug-likeness (QED) is 0.804. The summed E-state index contributed by atoms with van der Waals surface area (Å²) in [6.07, 6.45) is 5.35. The molecular weight excluding hydrogens is 292 g/mol. The van der Waals surface area contributed by atoms with Crippen LogP contribution in [0.1, 0.15) is 40.3 Å². The summed E-state index contributed by atoms with van der Waals surface area (Å²) in [5.74, 6) is 0.348. The Morgan fingerprint density at radius 2 is 2.17 bits per heavy atom. The molecule has 118 valence electrons. The number of aromatic nitrogens is 3. The lowest BCUT2D eigenvalue weighted by Crippen LogP contribution is -2.27. The number of rotatable bonds is 4. The van der Waals surface area contributed by atoms with Gasteiger partial charge in [-0.1, -0.05) is 17.3 Å². The first-order valence-corrected chi connectivity index (χ1v) is 7.38. The number of benzene rings is 1. The predicted octanol–water partition coefficient (Wildman–Crippen LogP) is 2.97. The monoisotopic (exact) mass is 310 g/mol. The van der Waals surface area contributed by atoms with E-state index >= 15 is 0 Å². The lowest BCUT2D eigenvalue weighted by molar-refractivity contribution is 0.0938. The van der Waals surface area contributed by atoms with Crippen molar-refractivity contribution in [2.24, 2.45) is 0 Å². The van der Waals surface area contributed by atoms with Crippen molar-refractivity contribution < 1.29 is 9.32 Å². The highest BCUT2D eigenvalue weighted by atomic mass is 16.5. The molecule has 0 aliphatic carbocycles. The van der Waals surface area contributed by atoms with E-state index in [0.717, 1.165) is 11.3 Å². The van der Waals surface area contributed by atoms with Crippen molar-refractivity contribution in [2.45, 2.75) is 26.8 Å². The number of hydrogen-bond acceptors (Lipinski definition) is 4. The molecule has 1 unspecified atom stereocenters. The fraction of sp³-hybridized carbons (Fsp3) is 0.235. The maximum Gasteiger partial charge on any atom is 0.257 e. The fourth-order valence-electron chi connectivity index (χ4n) is 2.53. The van der Waals surface area contributed by atoms with Crippen molar-refractivity contribution in [3.8, 4) is 5.69 Å². The minimum Gasteiger partial charge on any atom is -0.361 e. The molecule has 3 aromatic rings. The van der Waals surface area contributed by atoms with Crippen LogP contribution in [0.25, 0.3) is 5.69 Å². The van der Waals surface area contributed by atoms with Crippen molar-refractivity contribution in [3.63, 3.8) is 0 Å². The number of hydrogen-bond donors (Lipinski definition) is 1. The topological polar surface area (TPSA) is 73.0 Å². The lowest BCUT2D eigenvalue weighted by Gasteiger charge is -2.15. The van der Waals surface area contributed by atoms with Crippen LogP contribution < -0.4 is 5.32 Å². The standard InChI is InChI=1S/C17H18N4O2/c1-11(19-17(22)16-12(2)20-23-13(16)3)14-5-4-6-15(9-14)21-8-7-18-10-21/h4-11H,1-3H3,(H,19,22). The van der Waals surface area contributed by atoms with Crippen LogP contribution in [0.2, 0.25) is 0 Å². The van der Waals surface area contributed by atoms with E-state index in [4.69, 9.17) is 4.52 Å². The number of nitrogens with one attached hydrogen (secondary N) is 1. The van der Waals surface area contributed by atoms with Crippen molar-refractivity contribution in [1.29, 1.82) is 0 Å². The average Bonchev–Trinajstić information content (AvgIpc) is 3.17. The van der Waals surface area contributed by atoms with E-state index in [9.17, 15) is 4.79 Å². The smallest absolute Gasteiger partial charge is 0.257 e. The molecule has 1 atom stereocenters. The van der Waals surface area contributed by atoms with Crippen molar-refractivity contribution in [1.82, 2.24) is 20.0 Å². The zero-order valence-electron chi connectivity index (χ0n) is 13.3. The van der Waals surface area contributed by atoms with Crippen molar-refractivity contribution in [2.75, 3.05) is 0 Å². The zero-order chi connectivity index (χ0) is 16.4. The molecule has 1 N–H and O–H groups in total. The molecular formula is C17H18N4O2. The van der Waals surface area contributed by atoms with Crippen molar-refractivity contribution in [3.05, 3.63) is 65.6 Å². The van der Waals surface area contributed by atoms with Gasteiger partial charge in [0.25, 0.3) is 5.91 Å². The summed E-state index contributed by atoms with van der Waals surface area (Å²) < 4.78 is 6.97. The van der Waals surface area contributed by atoms with Gasteiger partial charge in [0.1, 0.15) is 11.3 Å². The molecule has 0 radical (unpaired) electrons. The van der Waals surface area contributed by atoms with Crippen LogP contribution in [0.3, 0.4) is 0 Å². The fourth-order valence-corrected chi connectivity index (χ4v) is 2.53. The molecule has 0 saturated heterocycles. The van der Waals surface area contributed by atoms with Gasteiger partial charge < -0.3 is 14.4 Å². The molecule has 0 bridgehead atoms. The van der Waals surface area contributed by atoms with E-state index in [-0.39, 0.29) is 11.9 Å². The van der Waals surface area contributed by atoms with Crippen LogP contribution in [-0.4, -0.2) is 20.6 Å². The highest BCUT2D eigenvalue weighted by Gasteiger charge is 2.19. The maximum absolute atomic E-state index is 12.4. The average molecular weight is 310 g/mol. The molecule has 23 heavy (non-hydrogen) atoms. The molecule has 0 spiro atoms. The third-order valence-electron chi connectivity index (χ3n) is 3.78. The third kappa shape index (κ3) is 3.01. The normalized spacial score (nSPS) is 12.1. The van der Waals surface area contributed by atoms with Gasteiger partial charge >= 0.3 is 0 Å². The van der Waals surface area contributed by atoms with E-state index in [1.807, 2.05) is 42.0 Å². The first-order chi connectivity index (χ1) is 11.1. The molecule has 6 nitrogen and oxygen atoms in total. The van der Waals surface area contributed by atoms with Gasteiger partial charge in [-0.05, 0) is 38.5 Å². The first kappa shape index (κ1) is 15.0. The summed E-state index contributed by atoms with van der Waals surface area (Å²) in [6.45, 7) is 5.44. The van der Waals surface area contributed by atoms with Gasteiger partial charge in [0, 0.05) is 18.1 Å². The Balaban J connectivity index is 1.80. The molecule has 1 aromatic carbocycles. The number of aryl methyl sites for hydroxylation is 2. The SMILES string of the molecule is Cc1noc(C)c1C(=O)NC(C)c1cccc(-n2ccnc2)c1. The van der Waals surface area contributed by atoms with Gasteiger partial charge in [0.05, 0.1) is 18.1 Å². The van der Waals surface area contributed by atoms with E-state index in [0.29, 0.717) is 17.0 Å². The summed E-state index contributed by atoms with van der Waals surface area (Å²) >= 11 is 0. The van der Waals surface area contributed by atoms with Gasteiger partial charge in [-0.3, -0.25) is 4.79 Å². The number of nitrogens with zero attached hydrogens (tertiary/aromatic N) is 3. The Labute approximate surface area is 134 Å². The minimum atomic E-state index is -0.179. The number of amides is 1. The summed E-state index contributed by atoms with van der Waals surface area (Å²) in [7, 11) is 0. The Hall–Kier alpha value is -2.89.